The Balaban J connectivity index is 1.51. The molecule has 0 spiro atoms. The molecule has 3 aliphatic heterocycles. The lowest BCUT2D eigenvalue weighted by Gasteiger charge is -2.32. The normalized spacial score (nSPS) is 25.9. The molecule has 8 nitrogen and oxygen atoms in total. The van der Waals surface area contributed by atoms with E-state index in [0.717, 1.165) is 40.8 Å². The van der Waals surface area contributed by atoms with Gasteiger partial charge in [-0.3, -0.25) is 4.98 Å². The van der Waals surface area contributed by atoms with Gasteiger partial charge in [-0.15, -0.1) is 11.3 Å². The summed E-state index contributed by atoms with van der Waals surface area (Å²) >= 11 is 8.10. The lowest BCUT2D eigenvalue weighted by molar-refractivity contribution is 0.207. The highest BCUT2D eigenvalue weighted by molar-refractivity contribution is 7.23. The van der Waals surface area contributed by atoms with E-state index < -0.39 is 11.9 Å². The van der Waals surface area contributed by atoms with Crippen molar-refractivity contribution in [2.45, 2.75) is 13.0 Å². The quantitative estimate of drug-likeness (QED) is 0.566. The molecule has 1 saturated heterocycles. The number of hydrogen-bond donors (Lipinski definition) is 3. The van der Waals surface area contributed by atoms with Crippen molar-refractivity contribution < 1.29 is 14.2 Å². The summed E-state index contributed by atoms with van der Waals surface area (Å²) in [6, 6.07) is 1.61. The fourth-order valence-electron chi connectivity index (χ4n) is 5.35. The molecule has 0 amide bonds. The van der Waals surface area contributed by atoms with Crippen molar-refractivity contribution >= 4 is 49.6 Å². The first-order valence-electron chi connectivity index (χ1n) is 11.3. The Morgan fingerprint density at radius 3 is 2.94 bits per heavy atom. The van der Waals surface area contributed by atoms with Gasteiger partial charge < -0.3 is 25.8 Å². The van der Waals surface area contributed by atoms with Crippen LogP contribution in [0.15, 0.2) is 39.1 Å². The van der Waals surface area contributed by atoms with E-state index >= 15 is 0 Å². The summed E-state index contributed by atoms with van der Waals surface area (Å²) in [5, 5.41) is 23.8. The maximum atomic E-state index is 14.6. The Labute approximate surface area is 209 Å². The summed E-state index contributed by atoms with van der Waals surface area (Å²) in [6.07, 6.45) is 3.06. The van der Waals surface area contributed by atoms with Crippen molar-refractivity contribution in [3.05, 3.63) is 51.2 Å². The van der Waals surface area contributed by atoms with Gasteiger partial charge in [0, 0.05) is 48.3 Å². The van der Waals surface area contributed by atoms with Crippen LogP contribution in [-0.4, -0.2) is 59.9 Å². The Morgan fingerprint density at radius 1 is 1.40 bits per heavy atom. The van der Waals surface area contributed by atoms with Crippen LogP contribution in [-0.2, 0) is 4.74 Å². The van der Waals surface area contributed by atoms with Crippen molar-refractivity contribution in [3.8, 4) is 6.07 Å². The molecular weight excluding hydrogens is 491 g/mol. The van der Waals surface area contributed by atoms with Crippen molar-refractivity contribution in [1.29, 1.82) is 5.26 Å². The van der Waals surface area contributed by atoms with Crippen LogP contribution in [0.25, 0.3) is 15.7 Å². The van der Waals surface area contributed by atoms with E-state index in [0.29, 0.717) is 53.3 Å². The number of aromatic nitrogens is 1. The highest BCUT2D eigenvalue weighted by Gasteiger charge is 2.40. The second-order valence-electron chi connectivity index (χ2n) is 9.21. The number of hydrogen-bond acceptors (Lipinski definition) is 9. The minimum atomic E-state index is -0.532. The van der Waals surface area contributed by atoms with Crippen LogP contribution in [0.2, 0.25) is 0 Å². The van der Waals surface area contributed by atoms with E-state index in [4.69, 9.17) is 27.1 Å². The molecule has 0 aromatic carbocycles. The molecule has 0 bridgehead atoms. The summed E-state index contributed by atoms with van der Waals surface area (Å²) < 4.78 is 20.7. The number of guanidine groups is 1. The summed E-state index contributed by atoms with van der Waals surface area (Å²) in [5.41, 5.74) is 10.0. The number of ether oxygens (including phenoxy) is 1. The standard InChI is InChI=1S/C24H22ClFN6O2S/c1-10-5-32(6-11(10)7-33)24-30-3-13-14-8-34-9-15(14)17(19(25)20(13)31-24)21-18-12(2-27)23(28)35-22(18)16(26)4-29-21/h3-4,10-11,20,33H,5-9,28H2,1H3,(H,30,31). The van der Waals surface area contributed by atoms with Gasteiger partial charge in [-0.2, -0.15) is 5.26 Å². The van der Waals surface area contributed by atoms with E-state index in [9.17, 15) is 14.8 Å². The van der Waals surface area contributed by atoms with Crippen molar-refractivity contribution in [2.75, 3.05) is 38.6 Å². The lowest BCUT2D eigenvalue weighted by Crippen LogP contribution is -2.42. The smallest absolute Gasteiger partial charge is 0.199 e. The molecule has 2 aromatic rings. The fourth-order valence-corrected chi connectivity index (χ4v) is 6.64. The van der Waals surface area contributed by atoms with Gasteiger partial charge >= 0.3 is 0 Å². The SMILES string of the molecule is CC1CN(C2=NC3C(=CN2)C2=C(COC2)C(c2ncc(F)c4sc(N)c(C#N)c24)=C3Cl)CC1CO. The number of thiophene rings is 1. The molecule has 35 heavy (non-hydrogen) atoms. The Hall–Kier alpha value is -2.97. The number of halogens is 2. The predicted octanol–water partition coefficient (Wildman–Crippen LogP) is 2.95. The van der Waals surface area contributed by atoms with Crippen LogP contribution in [0, 0.1) is 29.0 Å². The molecule has 1 fully saturated rings. The molecule has 0 radical (unpaired) electrons. The van der Waals surface area contributed by atoms with Crippen molar-refractivity contribution in [3.63, 3.8) is 0 Å². The third-order valence-corrected chi connectivity index (χ3v) is 8.66. The number of anilines is 1. The summed E-state index contributed by atoms with van der Waals surface area (Å²) in [5.74, 6) is 0.679. The molecule has 6 rings (SSSR count). The zero-order valence-corrected chi connectivity index (χ0v) is 20.4. The Bertz CT molecular complexity index is 1440. The Kier molecular flexibility index (Phi) is 5.34. The molecular formula is C24H22ClFN6O2S. The zero-order chi connectivity index (χ0) is 24.4. The van der Waals surface area contributed by atoms with E-state index in [1.54, 1.807) is 0 Å². The molecule has 180 valence electrons. The number of fused-ring (bicyclic) bond motifs is 3. The highest BCUT2D eigenvalue weighted by atomic mass is 35.5. The number of nitrogen functional groups attached to an aromatic ring is 1. The van der Waals surface area contributed by atoms with Gasteiger partial charge in [0.2, 0.25) is 0 Å². The molecule has 11 heteroatoms. The number of likely N-dealkylation sites (tertiary alicyclic amines) is 1. The first-order chi connectivity index (χ1) is 16.9. The fraction of sp³-hybridized carbons (Fsp3) is 0.375. The Morgan fingerprint density at radius 2 is 2.20 bits per heavy atom. The van der Waals surface area contributed by atoms with Crippen LogP contribution in [0.1, 0.15) is 18.2 Å². The predicted molar refractivity (Wildman–Crippen MR) is 133 cm³/mol. The first-order valence-corrected chi connectivity index (χ1v) is 12.5. The summed E-state index contributed by atoms with van der Waals surface area (Å²) in [4.78, 5) is 11.5. The number of nitriles is 1. The largest absolute Gasteiger partial charge is 0.396 e. The van der Waals surface area contributed by atoms with Crippen molar-refractivity contribution in [1.82, 2.24) is 15.2 Å². The number of nitrogens with zero attached hydrogens (tertiary/aromatic N) is 4. The van der Waals surface area contributed by atoms with Gasteiger partial charge in [0.15, 0.2) is 11.8 Å². The maximum Gasteiger partial charge on any atom is 0.199 e. The number of pyridine rings is 1. The lowest BCUT2D eigenvalue weighted by atomic mass is 9.83. The minimum absolute atomic E-state index is 0.130. The van der Waals surface area contributed by atoms with Crippen LogP contribution >= 0.6 is 22.9 Å². The second kappa shape index (κ2) is 8.31. The van der Waals surface area contributed by atoms with E-state index in [1.807, 2.05) is 6.20 Å². The van der Waals surface area contributed by atoms with Crippen LogP contribution in [0.3, 0.4) is 0 Å². The number of nitrogens with two attached hydrogens (primary N) is 1. The van der Waals surface area contributed by atoms with Crippen LogP contribution in [0.5, 0.6) is 0 Å². The number of aliphatic imine (C=N–C) groups is 1. The molecule has 2 aromatic heterocycles. The topological polar surface area (TPSA) is 120 Å². The second-order valence-corrected chi connectivity index (χ2v) is 10.7. The van der Waals surface area contributed by atoms with Crippen molar-refractivity contribution in [2.24, 2.45) is 16.8 Å². The van der Waals surface area contributed by atoms with Gasteiger partial charge in [-0.05, 0) is 17.1 Å². The van der Waals surface area contributed by atoms with E-state index in [2.05, 4.69) is 28.2 Å². The minimum Gasteiger partial charge on any atom is -0.396 e. The van der Waals surface area contributed by atoms with Gasteiger partial charge in [-0.1, -0.05) is 18.5 Å². The van der Waals surface area contributed by atoms with Crippen LogP contribution in [0.4, 0.5) is 9.39 Å². The molecule has 3 unspecified atom stereocenters. The number of aliphatic hydroxyl groups excluding tert-OH is 1. The summed E-state index contributed by atoms with van der Waals surface area (Å²) in [6.45, 7) is 4.44. The number of rotatable bonds is 2. The molecule has 0 saturated carbocycles. The van der Waals surface area contributed by atoms with Crippen LogP contribution < -0.4 is 11.1 Å². The van der Waals surface area contributed by atoms with Gasteiger partial charge in [0.25, 0.3) is 0 Å². The number of aliphatic hydroxyl groups is 1. The van der Waals surface area contributed by atoms with Gasteiger partial charge in [0.1, 0.15) is 17.1 Å². The third kappa shape index (κ3) is 3.30. The maximum absolute atomic E-state index is 14.6. The third-order valence-electron chi connectivity index (χ3n) is 7.24. The van der Waals surface area contributed by atoms with Gasteiger partial charge in [-0.25, -0.2) is 9.38 Å². The summed E-state index contributed by atoms with van der Waals surface area (Å²) in [7, 11) is 0. The molecule has 1 aliphatic carbocycles. The monoisotopic (exact) mass is 512 g/mol. The first kappa shape index (κ1) is 22.5. The average Bonchev–Trinajstić information content (AvgIpc) is 3.57. The molecule has 4 N–H and O–H groups in total. The zero-order valence-electron chi connectivity index (χ0n) is 18.8. The van der Waals surface area contributed by atoms with Gasteiger partial charge in [0.05, 0.1) is 40.4 Å². The molecule has 3 atom stereocenters. The van der Waals surface area contributed by atoms with E-state index in [-0.39, 0.29) is 27.8 Å². The molecule has 4 aliphatic rings. The highest BCUT2D eigenvalue weighted by Crippen LogP contribution is 2.48. The average molecular weight is 513 g/mol. The van der Waals surface area contributed by atoms with E-state index in [1.165, 1.54) is 0 Å². The number of nitrogens with one attached hydrogen (secondary N) is 1. The molecule has 5 heterocycles.